The van der Waals surface area contributed by atoms with Gasteiger partial charge in [-0.25, -0.2) is 0 Å². The Labute approximate surface area is 240 Å². The van der Waals surface area contributed by atoms with Gasteiger partial charge < -0.3 is 9.80 Å². The first kappa shape index (κ1) is 25.6. The Hall–Kier alpha value is -5.39. The number of benzene rings is 2. The maximum atomic E-state index is 13.3. The molecule has 1 saturated heterocycles. The minimum atomic E-state index is -1.01. The number of imide groups is 2. The van der Waals surface area contributed by atoms with Gasteiger partial charge in [0.1, 0.15) is 6.04 Å². The third kappa shape index (κ3) is 4.19. The quantitative estimate of drug-likeness (QED) is 0.164. The lowest BCUT2D eigenvalue weighted by Crippen LogP contribution is -2.54. The second-order valence-electron chi connectivity index (χ2n) is 10.6. The van der Waals surface area contributed by atoms with Gasteiger partial charge in [0.25, 0.3) is 19.2 Å². The molecular weight excluding hydrogens is 535 g/mol. The number of amides is 4. The summed E-state index contributed by atoms with van der Waals surface area (Å²) in [6, 6.07) is 13.9. The fraction of sp³-hybridized carbons (Fsp3) is 0.167. The molecule has 12 heteroatoms. The lowest BCUT2D eigenvalue weighted by molar-refractivity contribution is -0.136. The summed E-state index contributed by atoms with van der Waals surface area (Å²) in [5.41, 5.74) is 7.50. The minimum absolute atomic E-state index is 0.0664. The van der Waals surface area contributed by atoms with Crippen LogP contribution in [-0.2, 0) is 16.0 Å². The third-order valence-corrected chi connectivity index (χ3v) is 8.04. The molecule has 206 valence electrons. The molecule has 1 atom stereocenters. The molecule has 4 amide bonds. The molecule has 0 spiro atoms. The molecule has 7 rings (SSSR count). The number of hydrogen-bond acceptors (Lipinski definition) is 8. The van der Waals surface area contributed by atoms with E-state index < -0.39 is 29.7 Å². The molecule has 0 bridgehead atoms. The Morgan fingerprint density at radius 2 is 1.64 bits per heavy atom. The Morgan fingerprint density at radius 1 is 0.857 bits per heavy atom. The van der Waals surface area contributed by atoms with Gasteiger partial charge in [0, 0.05) is 41.7 Å². The van der Waals surface area contributed by atoms with Crippen LogP contribution in [0.2, 0.25) is 0 Å². The largest absolute Gasteiger partial charge is 0.411 e. The van der Waals surface area contributed by atoms with Crippen molar-refractivity contribution in [3.8, 4) is 22.4 Å². The van der Waals surface area contributed by atoms with Crippen LogP contribution >= 0.6 is 0 Å². The highest BCUT2D eigenvalue weighted by atomic mass is 16.4. The summed E-state index contributed by atoms with van der Waals surface area (Å²) in [5, 5.41) is 19.9. The lowest BCUT2D eigenvalue weighted by atomic mass is 9.81. The van der Waals surface area contributed by atoms with Gasteiger partial charge in [-0.05, 0) is 48.6 Å². The van der Waals surface area contributed by atoms with Crippen molar-refractivity contribution in [2.75, 3.05) is 0 Å². The van der Waals surface area contributed by atoms with Crippen LogP contribution in [0.3, 0.4) is 0 Å². The zero-order valence-electron chi connectivity index (χ0n) is 22.3. The second-order valence-corrected chi connectivity index (χ2v) is 10.6. The Morgan fingerprint density at radius 3 is 2.43 bits per heavy atom. The zero-order valence-corrected chi connectivity index (χ0v) is 22.3. The molecule has 11 nitrogen and oxygen atoms in total. The molecule has 42 heavy (non-hydrogen) atoms. The zero-order chi connectivity index (χ0) is 29.0. The van der Waals surface area contributed by atoms with Gasteiger partial charge in [-0.2, -0.15) is 5.10 Å². The van der Waals surface area contributed by atoms with Crippen LogP contribution in [0.5, 0.6) is 0 Å². The van der Waals surface area contributed by atoms with Gasteiger partial charge >= 0.3 is 0 Å². The lowest BCUT2D eigenvalue weighted by Gasteiger charge is -2.27. The summed E-state index contributed by atoms with van der Waals surface area (Å²) in [5.74, 6) is -2.14. The number of rotatable bonds is 5. The molecule has 2 aromatic heterocycles. The van der Waals surface area contributed by atoms with Crippen LogP contribution < -0.4 is 10.8 Å². The van der Waals surface area contributed by atoms with Gasteiger partial charge in [-0.3, -0.25) is 34.4 Å². The SMILES string of the molecule is O=C1CCC(N2C(=O)c3ccc(Bn4cc(-c5ccc6c(c5)CC/C6=N\O)c(-c5ccncc5)n4)cc3C2=O)C(=O)N1. The fourth-order valence-corrected chi connectivity index (χ4v) is 5.98. The molecule has 2 aromatic carbocycles. The van der Waals surface area contributed by atoms with Crippen molar-refractivity contribution >= 4 is 42.2 Å². The number of fused-ring (bicyclic) bond motifs is 2. The van der Waals surface area contributed by atoms with Crippen molar-refractivity contribution in [2.24, 2.45) is 5.16 Å². The van der Waals surface area contributed by atoms with E-state index in [9.17, 15) is 24.4 Å². The second kappa shape index (κ2) is 9.91. The highest BCUT2D eigenvalue weighted by molar-refractivity contribution is 6.52. The van der Waals surface area contributed by atoms with E-state index >= 15 is 0 Å². The van der Waals surface area contributed by atoms with Crippen molar-refractivity contribution in [1.82, 2.24) is 24.9 Å². The van der Waals surface area contributed by atoms with Crippen molar-refractivity contribution < 1.29 is 24.4 Å². The van der Waals surface area contributed by atoms with E-state index in [4.69, 9.17) is 5.10 Å². The topological polar surface area (TPSA) is 147 Å². The van der Waals surface area contributed by atoms with Gasteiger partial charge in [-0.15, -0.1) is 0 Å². The fourth-order valence-electron chi connectivity index (χ4n) is 5.98. The number of piperidine rings is 1. The van der Waals surface area contributed by atoms with Crippen LogP contribution in [0.4, 0.5) is 0 Å². The molecule has 2 N–H and O–H groups in total. The first-order valence-electron chi connectivity index (χ1n) is 13.6. The van der Waals surface area contributed by atoms with E-state index in [1.165, 1.54) is 0 Å². The maximum absolute atomic E-state index is 13.3. The number of nitrogens with one attached hydrogen (secondary N) is 1. The maximum Gasteiger partial charge on any atom is 0.298 e. The smallest absolute Gasteiger partial charge is 0.298 e. The van der Waals surface area contributed by atoms with E-state index in [-0.39, 0.29) is 24.0 Å². The number of carbonyl (C=O) groups excluding carboxylic acids is 4. The number of aryl methyl sites for hydroxylation is 1. The van der Waals surface area contributed by atoms with Crippen LogP contribution in [-0.4, -0.2) is 67.6 Å². The van der Waals surface area contributed by atoms with Gasteiger partial charge in [0.05, 0.1) is 22.5 Å². The van der Waals surface area contributed by atoms with Crippen molar-refractivity contribution in [2.45, 2.75) is 31.7 Å². The van der Waals surface area contributed by atoms with E-state index in [1.54, 1.807) is 35.2 Å². The van der Waals surface area contributed by atoms with Crippen LogP contribution in [0.15, 0.2) is 72.3 Å². The highest BCUT2D eigenvalue weighted by Gasteiger charge is 2.44. The predicted octanol–water partition coefficient (Wildman–Crippen LogP) is 1.66. The summed E-state index contributed by atoms with van der Waals surface area (Å²) in [6.07, 6.45) is 7.02. The summed E-state index contributed by atoms with van der Waals surface area (Å²) in [7, 11) is 0.331. The van der Waals surface area contributed by atoms with E-state index in [0.29, 0.717) is 19.5 Å². The molecule has 2 aliphatic heterocycles. The molecule has 1 fully saturated rings. The van der Waals surface area contributed by atoms with Crippen molar-refractivity contribution in [3.05, 3.63) is 89.4 Å². The normalized spacial score (nSPS) is 18.8. The summed E-state index contributed by atoms with van der Waals surface area (Å²) in [4.78, 5) is 55.4. The Bertz CT molecular complexity index is 1850. The Kier molecular flexibility index (Phi) is 6.04. The van der Waals surface area contributed by atoms with Gasteiger partial charge in [-0.1, -0.05) is 41.0 Å². The number of oxime groups is 1. The highest BCUT2D eigenvalue weighted by Crippen LogP contribution is 2.34. The van der Waals surface area contributed by atoms with Crippen LogP contribution in [0.25, 0.3) is 22.4 Å². The summed E-state index contributed by atoms with van der Waals surface area (Å²) < 4.78 is 1.79. The number of nitrogens with zero attached hydrogens (tertiary/aromatic N) is 5. The van der Waals surface area contributed by atoms with Gasteiger partial charge in [0.15, 0.2) is 0 Å². The molecule has 1 unspecified atom stereocenters. The molecule has 0 saturated carbocycles. The van der Waals surface area contributed by atoms with Crippen molar-refractivity contribution in [1.29, 1.82) is 0 Å². The standard InChI is InChI=1S/C30H23BN6O5/c38-26-8-7-25(28(39)33-26)37-29(40)21-5-3-19(14-22(21)30(37)41)31-36-15-23(27(34-36)16-9-11-32-12-10-16)18-1-4-20-17(13-18)2-6-24(20)35-42/h1,3-5,9-15,25,31,42H,2,6-8H2,(H,33,38,39)/b35-24+. The third-order valence-electron chi connectivity index (χ3n) is 8.04. The molecule has 3 aliphatic rings. The van der Waals surface area contributed by atoms with E-state index in [1.807, 2.05) is 30.5 Å². The first-order chi connectivity index (χ1) is 20.4. The van der Waals surface area contributed by atoms with E-state index in [2.05, 4.69) is 21.5 Å². The monoisotopic (exact) mass is 558 g/mol. The predicted molar refractivity (Wildman–Crippen MR) is 153 cm³/mol. The molecule has 4 heterocycles. The average molecular weight is 558 g/mol. The summed E-state index contributed by atoms with van der Waals surface area (Å²) >= 11 is 0. The van der Waals surface area contributed by atoms with Crippen LogP contribution in [0, 0.1) is 0 Å². The number of hydrogen-bond donors (Lipinski definition) is 2. The van der Waals surface area contributed by atoms with Crippen LogP contribution in [0.1, 0.15) is 51.1 Å². The molecule has 0 radical (unpaired) electrons. The van der Waals surface area contributed by atoms with Gasteiger partial charge in [0.2, 0.25) is 11.8 Å². The number of carbonyl (C=O) groups is 4. The minimum Gasteiger partial charge on any atom is -0.411 e. The summed E-state index contributed by atoms with van der Waals surface area (Å²) in [6.45, 7) is 0. The average Bonchev–Trinajstić information content (AvgIpc) is 3.68. The molecular formula is C30H23BN6O5. The van der Waals surface area contributed by atoms with E-state index in [0.717, 1.165) is 50.3 Å². The Balaban J connectivity index is 1.21. The molecule has 1 aliphatic carbocycles. The number of pyridine rings is 1. The molecule has 4 aromatic rings. The first-order valence-corrected chi connectivity index (χ1v) is 13.6. The number of aromatic nitrogens is 3. The van der Waals surface area contributed by atoms with Crippen molar-refractivity contribution in [3.63, 3.8) is 0 Å².